The molecule has 0 aliphatic heterocycles. The molecule has 0 aromatic carbocycles. The zero-order valence-corrected chi connectivity index (χ0v) is 10.8. The monoisotopic (exact) mass is 208 g/mol. The minimum atomic E-state index is -0.215. The van der Waals surface area contributed by atoms with E-state index in [0.29, 0.717) is 11.3 Å². The van der Waals surface area contributed by atoms with E-state index in [0.717, 1.165) is 25.9 Å². The summed E-state index contributed by atoms with van der Waals surface area (Å²) in [6, 6.07) is 2.61. The van der Waals surface area contributed by atoms with Crippen LogP contribution in [0.15, 0.2) is 0 Å². The molecule has 2 atom stereocenters. The average Bonchev–Trinajstić information content (AvgIpc) is 2.39. The van der Waals surface area contributed by atoms with Crippen molar-refractivity contribution in [2.45, 2.75) is 53.0 Å². The van der Waals surface area contributed by atoms with Crippen LogP contribution >= 0.6 is 0 Å². The SMILES string of the molecule is CCN(CC)C1(C#N)CC(C)(C)CC1C. The van der Waals surface area contributed by atoms with Gasteiger partial charge in [0.25, 0.3) is 0 Å². The summed E-state index contributed by atoms with van der Waals surface area (Å²) in [5.74, 6) is 0.484. The Bertz CT molecular complexity index is 260. The quantitative estimate of drug-likeness (QED) is 0.713. The Balaban J connectivity index is 3.01. The van der Waals surface area contributed by atoms with E-state index in [-0.39, 0.29) is 5.54 Å². The number of nitrogens with zero attached hydrogens (tertiary/aromatic N) is 2. The Morgan fingerprint density at radius 1 is 1.33 bits per heavy atom. The summed E-state index contributed by atoms with van der Waals surface area (Å²) < 4.78 is 0. The van der Waals surface area contributed by atoms with Crippen molar-refractivity contribution >= 4 is 0 Å². The van der Waals surface area contributed by atoms with E-state index >= 15 is 0 Å². The molecule has 0 aromatic heterocycles. The molecule has 1 rings (SSSR count). The minimum Gasteiger partial charge on any atom is -0.286 e. The van der Waals surface area contributed by atoms with Crippen molar-refractivity contribution in [3.8, 4) is 6.07 Å². The summed E-state index contributed by atoms with van der Waals surface area (Å²) in [5, 5.41) is 9.56. The highest BCUT2D eigenvalue weighted by Crippen LogP contribution is 2.49. The van der Waals surface area contributed by atoms with Crippen molar-refractivity contribution in [2.24, 2.45) is 11.3 Å². The summed E-state index contributed by atoms with van der Waals surface area (Å²) >= 11 is 0. The molecular formula is C13H24N2. The van der Waals surface area contributed by atoms with Gasteiger partial charge in [0.1, 0.15) is 5.54 Å². The normalized spacial score (nSPS) is 34.3. The predicted octanol–water partition coefficient (Wildman–Crippen LogP) is 3.05. The van der Waals surface area contributed by atoms with Gasteiger partial charge in [0.05, 0.1) is 6.07 Å². The molecule has 1 fully saturated rings. The van der Waals surface area contributed by atoms with E-state index in [2.05, 4.69) is 45.6 Å². The van der Waals surface area contributed by atoms with E-state index < -0.39 is 0 Å². The van der Waals surface area contributed by atoms with Crippen LogP contribution in [0.4, 0.5) is 0 Å². The van der Waals surface area contributed by atoms with Crippen LogP contribution in [0, 0.1) is 22.7 Å². The van der Waals surface area contributed by atoms with Crippen LogP contribution < -0.4 is 0 Å². The van der Waals surface area contributed by atoms with Crippen LogP contribution in [0.25, 0.3) is 0 Å². The second kappa shape index (κ2) is 4.14. The number of rotatable bonds is 3. The molecule has 0 heterocycles. The molecule has 0 bridgehead atoms. The Kier molecular flexibility index (Phi) is 3.45. The third-order valence-corrected chi connectivity index (χ3v) is 3.94. The predicted molar refractivity (Wildman–Crippen MR) is 63.4 cm³/mol. The van der Waals surface area contributed by atoms with Gasteiger partial charge in [0.15, 0.2) is 0 Å². The number of hydrogen-bond donors (Lipinski definition) is 0. The van der Waals surface area contributed by atoms with Crippen LogP contribution in [0.5, 0.6) is 0 Å². The second-order valence-electron chi connectivity index (χ2n) is 5.65. The lowest BCUT2D eigenvalue weighted by molar-refractivity contribution is 0.114. The van der Waals surface area contributed by atoms with Gasteiger partial charge in [-0.05, 0) is 37.3 Å². The summed E-state index contributed by atoms with van der Waals surface area (Å²) in [6.07, 6.45) is 2.18. The molecule has 86 valence electrons. The van der Waals surface area contributed by atoms with Crippen molar-refractivity contribution in [3.05, 3.63) is 0 Å². The highest BCUT2D eigenvalue weighted by Gasteiger charge is 2.51. The van der Waals surface area contributed by atoms with Crippen molar-refractivity contribution < 1.29 is 0 Å². The van der Waals surface area contributed by atoms with Crippen LogP contribution in [-0.4, -0.2) is 23.5 Å². The first kappa shape index (κ1) is 12.5. The fourth-order valence-electron chi connectivity index (χ4n) is 3.41. The number of hydrogen-bond acceptors (Lipinski definition) is 2. The molecule has 15 heavy (non-hydrogen) atoms. The summed E-state index contributed by atoms with van der Waals surface area (Å²) in [6.45, 7) is 13.1. The maximum atomic E-state index is 9.56. The molecule has 1 aliphatic rings. The zero-order valence-electron chi connectivity index (χ0n) is 10.8. The van der Waals surface area contributed by atoms with Crippen LogP contribution in [-0.2, 0) is 0 Å². The van der Waals surface area contributed by atoms with E-state index in [9.17, 15) is 5.26 Å². The third kappa shape index (κ3) is 2.03. The Labute approximate surface area is 94.3 Å². The molecule has 1 saturated carbocycles. The lowest BCUT2D eigenvalue weighted by Crippen LogP contribution is -2.49. The van der Waals surface area contributed by atoms with Gasteiger partial charge in [-0.2, -0.15) is 5.26 Å². The third-order valence-electron chi connectivity index (χ3n) is 3.94. The van der Waals surface area contributed by atoms with Gasteiger partial charge in [-0.25, -0.2) is 0 Å². The molecule has 2 nitrogen and oxygen atoms in total. The summed E-state index contributed by atoms with van der Waals surface area (Å²) in [5.41, 5.74) is 0.102. The first-order chi connectivity index (χ1) is 6.91. The van der Waals surface area contributed by atoms with Gasteiger partial charge in [-0.3, -0.25) is 4.90 Å². The first-order valence-corrected chi connectivity index (χ1v) is 6.08. The Hall–Kier alpha value is -0.550. The van der Waals surface area contributed by atoms with E-state index in [4.69, 9.17) is 0 Å². The maximum absolute atomic E-state index is 9.56. The standard InChI is InChI=1S/C13H24N2/c1-6-15(7-2)13(10-14)9-12(4,5)8-11(13)3/h11H,6-9H2,1-5H3. The molecule has 1 aliphatic carbocycles. The molecule has 0 spiro atoms. The minimum absolute atomic E-state index is 0.215. The molecule has 0 aromatic rings. The van der Waals surface area contributed by atoms with Crippen molar-refractivity contribution in [3.63, 3.8) is 0 Å². The molecule has 0 amide bonds. The summed E-state index contributed by atoms with van der Waals surface area (Å²) in [4.78, 5) is 2.34. The lowest BCUT2D eigenvalue weighted by atomic mass is 9.86. The molecular weight excluding hydrogens is 184 g/mol. The van der Waals surface area contributed by atoms with Gasteiger partial charge < -0.3 is 0 Å². The highest BCUT2D eigenvalue weighted by atomic mass is 15.2. The second-order valence-corrected chi connectivity index (χ2v) is 5.65. The van der Waals surface area contributed by atoms with E-state index in [1.54, 1.807) is 0 Å². The van der Waals surface area contributed by atoms with E-state index in [1.807, 2.05) is 0 Å². The first-order valence-electron chi connectivity index (χ1n) is 6.08. The fourth-order valence-corrected chi connectivity index (χ4v) is 3.41. The van der Waals surface area contributed by atoms with Gasteiger partial charge in [-0.1, -0.05) is 34.6 Å². The average molecular weight is 208 g/mol. The summed E-state index contributed by atoms with van der Waals surface area (Å²) in [7, 11) is 0. The zero-order chi connectivity index (χ0) is 11.7. The Morgan fingerprint density at radius 2 is 1.87 bits per heavy atom. The van der Waals surface area contributed by atoms with E-state index in [1.165, 1.54) is 0 Å². The molecule has 0 saturated heterocycles. The Morgan fingerprint density at radius 3 is 2.13 bits per heavy atom. The van der Waals surface area contributed by atoms with Crippen LogP contribution in [0.3, 0.4) is 0 Å². The van der Waals surface area contributed by atoms with Crippen LogP contribution in [0.2, 0.25) is 0 Å². The van der Waals surface area contributed by atoms with Gasteiger partial charge >= 0.3 is 0 Å². The van der Waals surface area contributed by atoms with Gasteiger partial charge in [-0.15, -0.1) is 0 Å². The topological polar surface area (TPSA) is 27.0 Å². The van der Waals surface area contributed by atoms with Crippen molar-refractivity contribution in [2.75, 3.05) is 13.1 Å². The largest absolute Gasteiger partial charge is 0.286 e. The lowest BCUT2D eigenvalue weighted by Gasteiger charge is -2.38. The molecule has 2 unspecified atom stereocenters. The van der Waals surface area contributed by atoms with Crippen molar-refractivity contribution in [1.82, 2.24) is 4.90 Å². The maximum Gasteiger partial charge on any atom is 0.112 e. The van der Waals surface area contributed by atoms with Crippen molar-refractivity contribution in [1.29, 1.82) is 5.26 Å². The number of nitriles is 1. The fraction of sp³-hybridized carbons (Fsp3) is 0.923. The smallest absolute Gasteiger partial charge is 0.112 e. The van der Waals surface area contributed by atoms with Gasteiger partial charge in [0, 0.05) is 0 Å². The highest BCUT2D eigenvalue weighted by molar-refractivity contribution is 5.17. The van der Waals surface area contributed by atoms with Crippen LogP contribution in [0.1, 0.15) is 47.5 Å². The molecule has 2 heteroatoms. The molecule has 0 radical (unpaired) electrons. The van der Waals surface area contributed by atoms with Gasteiger partial charge in [0.2, 0.25) is 0 Å². The molecule has 0 N–H and O–H groups in total.